The molecular weight excluding hydrogens is 349 g/mol. The molecular formula is C11H6F9NO2. The van der Waals surface area contributed by atoms with Crippen LogP contribution in [0.1, 0.15) is 5.56 Å². The number of aliphatic hydroxyl groups is 1. The highest BCUT2D eigenvalue weighted by Gasteiger charge is 2.71. The molecule has 0 aliphatic carbocycles. The fourth-order valence-electron chi connectivity index (χ4n) is 1.48. The third-order valence-corrected chi connectivity index (χ3v) is 2.64. The lowest BCUT2D eigenvalue weighted by atomic mass is 9.92. The van der Waals surface area contributed by atoms with Gasteiger partial charge in [0, 0.05) is 11.3 Å². The largest absolute Gasteiger partial charge is 0.471 e. The molecule has 0 radical (unpaired) electrons. The molecule has 1 aromatic rings. The number of hydrogen-bond donors (Lipinski definition) is 2. The zero-order valence-corrected chi connectivity index (χ0v) is 10.6. The van der Waals surface area contributed by atoms with Gasteiger partial charge in [0.2, 0.25) is 0 Å². The third kappa shape index (κ3) is 3.68. The molecule has 3 nitrogen and oxygen atoms in total. The van der Waals surface area contributed by atoms with Gasteiger partial charge in [0.1, 0.15) is 0 Å². The molecule has 2 N–H and O–H groups in total. The van der Waals surface area contributed by atoms with Crippen LogP contribution in [0.2, 0.25) is 0 Å². The SMILES string of the molecule is O=C(Nc1ccc(C(O)(C(F)(F)F)C(F)(F)F)cc1)C(F)(F)F. The minimum absolute atomic E-state index is 0.104. The van der Waals surface area contributed by atoms with E-state index in [0.717, 1.165) is 0 Å². The number of anilines is 1. The summed E-state index contributed by atoms with van der Waals surface area (Å²) in [7, 11) is 0. The van der Waals surface area contributed by atoms with Crippen LogP contribution in [0.3, 0.4) is 0 Å². The predicted molar refractivity (Wildman–Crippen MR) is 57.1 cm³/mol. The first kappa shape index (κ1) is 19.1. The van der Waals surface area contributed by atoms with Gasteiger partial charge in [-0.15, -0.1) is 0 Å². The minimum atomic E-state index is -6.12. The van der Waals surface area contributed by atoms with Gasteiger partial charge in [-0.25, -0.2) is 0 Å². The second-order valence-electron chi connectivity index (χ2n) is 4.24. The molecule has 0 aliphatic rings. The molecule has 0 spiro atoms. The molecule has 12 heteroatoms. The van der Waals surface area contributed by atoms with Gasteiger partial charge in [-0.05, 0) is 12.1 Å². The summed E-state index contributed by atoms with van der Waals surface area (Å²) in [6.45, 7) is 0. The zero-order valence-electron chi connectivity index (χ0n) is 10.6. The van der Waals surface area contributed by atoms with Gasteiger partial charge in [0.25, 0.3) is 5.60 Å². The van der Waals surface area contributed by atoms with E-state index >= 15 is 0 Å². The van der Waals surface area contributed by atoms with Crippen molar-refractivity contribution < 1.29 is 49.4 Å². The molecule has 0 aliphatic heterocycles. The van der Waals surface area contributed by atoms with Crippen LogP contribution in [0.25, 0.3) is 0 Å². The topological polar surface area (TPSA) is 49.3 Å². The molecule has 0 fully saturated rings. The summed E-state index contributed by atoms with van der Waals surface area (Å²) in [5, 5.41) is 10.3. The molecule has 0 heterocycles. The highest BCUT2D eigenvalue weighted by molar-refractivity contribution is 5.94. The number of benzene rings is 1. The second-order valence-corrected chi connectivity index (χ2v) is 4.24. The van der Waals surface area contributed by atoms with Gasteiger partial charge in [-0.2, -0.15) is 39.5 Å². The van der Waals surface area contributed by atoms with Gasteiger partial charge in [-0.3, -0.25) is 4.79 Å². The van der Waals surface area contributed by atoms with Gasteiger partial charge < -0.3 is 10.4 Å². The first-order chi connectivity index (χ1) is 10.1. The van der Waals surface area contributed by atoms with Gasteiger partial charge in [-0.1, -0.05) is 12.1 Å². The van der Waals surface area contributed by atoms with E-state index in [4.69, 9.17) is 5.11 Å². The van der Waals surface area contributed by atoms with E-state index in [9.17, 15) is 44.3 Å². The number of hydrogen-bond acceptors (Lipinski definition) is 2. The fourth-order valence-corrected chi connectivity index (χ4v) is 1.48. The van der Waals surface area contributed by atoms with Crippen LogP contribution in [0.15, 0.2) is 24.3 Å². The predicted octanol–water partition coefficient (Wildman–Crippen LogP) is 3.50. The van der Waals surface area contributed by atoms with Crippen LogP contribution in [0.5, 0.6) is 0 Å². The fraction of sp³-hybridized carbons (Fsp3) is 0.364. The molecule has 130 valence electrons. The number of halogens is 9. The summed E-state index contributed by atoms with van der Waals surface area (Å²) in [5.41, 5.74) is -7.57. The smallest absolute Gasteiger partial charge is 0.369 e. The highest BCUT2D eigenvalue weighted by Crippen LogP contribution is 2.50. The van der Waals surface area contributed by atoms with E-state index in [0.29, 0.717) is 12.1 Å². The van der Waals surface area contributed by atoms with Crippen LogP contribution >= 0.6 is 0 Å². The molecule has 0 bridgehead atoms. The van der Waals surface area contributed by atoms with Crippen molar-refractivity contribution in [3.8, 4) is 0 Å². The molecule has 0 atom stereocenters. The number of nitrogens with one attached hydrogen (secondary N) is 1. The number of rotatable bonds is 2. The second kappa shape index (κ2) is 5.58. The van der Waals surface area contributed by atoms with Crippen molar-refractivity contribution in [2.75, 3.05) is 5.32 Å². The number of carbonyl (C=O) groups excluding carboxylic acids is 1. The average Bonchev–Trinajstić information content (AvgIpc) is 2.34. The Morgan fingerprint density at radius 3 is 1.52 bits per heavy atom. The van der Waals surface area contributed by atoms with Crippen molar-refractivity contribution >= 4 is 11.6 Å². The molecule has 0 aromatic heterocycles. The summed E-state index contributed by atoms with van der Waals surface area (Å²) >= 11 is 0. The van der Waals surface area contributed by atoms with Crippen LogP contribution in [-0.2, 0) is 10.4 Å². The van der Waals surface area contributed by atoms with Crippen LogP contribution < -0.4 is 5.32 Å². The number of alkyl halides is 9. The van der Waals surface area contributed by atoms with Crippen molar-refractivity contribution in [2.45, 2.75) is 24.1 Å². The van der Waals surface area contributed by atoms with Crippen LogP contribution in [0, 0.1) is 0 Å². The van der Waals surface area contributed by atoms with Crippen molar-refractivity contribution in [1.29, 1.82) is 0 Å². The summed E-state index contributed by atoms with van der Waals surface area (Å²) < 4.78 is 111. The van der Waals surface area contributed by atoms with E-state index in [1.54, 1.807) is 0 Å². The molecule has 0 saturated carbocycles. The van der Waals surface area contributed by atoms with E-state index in [2.05, 4.69) is 0 Å². The monoisotopic (exact) mass is 355 g/mol. The van der Waals surface area contributed by atoms with Crippen molar-refractivity contribution in [3.63, 3.8) is 0 Å². The highest BCUT2D eigenvalue weighted by atomic mass is 19.4. The first-order valence-corrected chi connectivity index (χ1v) is 5.45. The van der Waals surface area contributed by atoms with Gasteiger partial charge in [0.05, 0.1) is 0 Å². The Balaban J connectivity index is 3.19. The number of carbonyl (C=O) groups is 1. The summed E-state index contributed by atoms with van der Waals surface area (Å²) in [4.78, 5) is 10.6. The maximum Gasteiger partial charge on any atom is 0.471 e. The Kier molecular flexibility index (Phi) is 4.63. The van der Waals surface area contributed by atoms with E-state index in [1.807, 2.05) is 0 Å². The summed E-state index contributed by atoms with van der Waals surface area (Å²) in [5.74, 6) is -2.47. The summed E-state index contributed by atoms with van der Waals surface area (Å²) in [6.07, 6.45) is -17.5. The third-order valence-electron chi connectivity index (χ3n) is 2.64. The van der Waals surface area contributed by atoms with Crippen molar-refractivity contribution in [3.05, 3.63) is 29.8 Å². The lowest BCUT2D eigenvalue weighted by molar-refractivity contribution is -0.376. The Bertz CT molecular complexity index is 557. The van der Waals surface area contributed by atoms with Crippen molar-refractivity contribution in [2.24, 2.45) is 0 Å². The maximum absolute atomic E-state index is 12.6. The average molecular weight is 355 g/mol. The van der Waals surface area contributed by atoms with E-state index in [1.165, 1.54) is 5.32 Å². The Labute approximate surface area is 121 Å². The van der Waals surface area contributed by atoms with Crippen molar-refractivity contribution in [1.82, 2.24) is 0 Å². The minimum Gasteiger partial charge on any atom is -0.369 e. The first-order valence-electron chi connectivity index (χ1n) is 5.45. The van der Waals surface area contributed by atoms with Crippen LogP contribution in [-0.4, -0.2) is 29.5 Å². The van der Waals surface area contributed by atoms with E-state index < -0.39 is 41.3 Å². The quantitative estimate of drug-likeness (QED) is 0.798. The lowest BCUT2D eigenvalue weighted by Gasteiger charge is -2.32. The Morgan fingerprint density at radius 1 is 0.826 bits per heavy atom. The normalized spacial score (nSPS) is 13.8. The van der Waals surface area contributed by atoms with Crippen LogP contribution in [0.4, 0.5) is 45.2 Å². The molecule has 1 aromatic carbocycles. The molecule has 23 heavy (non-hydrogen) atoms. The lowest BCUT2D eigenvalue weighted by Crippen LogP contribution is -2.53. The molecule has 0 saturated heterocycles. The van der Waals surface area contributed by atoms with E-state index in [-0.39, 0.29) is 12.1 Å². The van der Waals surface area contributed by atoms with Gasteiger partial charge in [0.15, 0.2) is 0 Å². The summed E-state index contributed by atoms with van der Waals surface area (Å²) in [6, 6.07) is 0.933. The Morgan fingerprint density at radius 2 is 1.22 bits per heavy atom. The number of amides is 1. The zero-order chi connectivity index (χ0) is 18.3. The molecule has 0 unspecified atom stereocenters. The molecule has 1 amide bonds. The van der Waals surface area contributed by atoms with Gasteiger partial charge >= 0.3 is 24.4 Å². The standard InChI is InChI=1S/C11H6F9NO2/c12-9(13,14)7(22)21-6-3-1-5(2-4-6)8(23,10(15,16)17)11(18,19)20/h1-4,23H,(H,21,22). The maximum atomic E-state index is 12.6. The molecule has 1 rings (SSSR count). The Hall–Kier alpha value is -1.98.